The molecular weight excluding hydrogens is 703 g/mol. The molecule has 0 spiro atoms. The summed E-state index contributed by atoms with van der Waals surface area (Å²) in [7, 11) is -2.21. The number of rotatable bonds is 8. The molecule has 0 saturated heterocycles. The second kappa shape index (κ2) is 14.4. The predicted octanol–water partition coefficient (Wildman–Crippen LogP) is 5.30. The van der Waals surface area contributed by atoms with Crippen molar-refractivity contribution in [1.82, 2.24) is 25.3 Å². The van der Waals surface area contributed by atoms with Crippen molar-refractivity contribution in [3.8, 4) is 22.2 Å². The second-order valence-corrected chi connectivity index (χ2v) is 17.8. The van der Waals surface area contributed by atoms with Crippen molar-refractivity contribution >= 4 is 50.0 Å². The van der Waals surface area contributed by atoms with Gasteiger partial charge in [-0.05, 0) is 76.3 Å². The molecule has 0 radical (unpaired) electrons. The fraction of sp³-hybridized carbons (Fsp3) is 0.553. The molecule has 3 amide bonds. The van der Waals surface area contributed by atoms with Crippen molar-refractivity contribution in [3.63, 3.8) is 0 Å². The molecule has 278 valence electrons. The van der Waals surface area contributed by atoms with Crippen LogP contribution in [0.25, 0.3) is 21.6 Å². The lowest BCUT2D eigenvalue weighted by Gasteiger charge is -2.23. The number of aryl methyl sites for hydroxylation is 1. The van der Waals surface area contributed by atoms with Gasteiger partial charge in [-0.15, -0.1) is 11.3 Å². The summed E-state index contributed by atoms with van der Waals surface area (Å²) in [6.07, 6.45) is 8.65. The Balaban J connectivity index is 1.20. The van der Waals surface area contributed by atoms with Crippen molar-refractivity contribution in [3.05, 3.63) is 47.0 Å². The van der Waals surface area contributed by atoms with Crippen LogP contribution >= 0.6 is 11.3 Å². The average Bonchev–Trinajstić information content (AvgIpc) is 3.98. The van der Waals surface area contributed by atoms with Crippen molar-refractivity contribution in [2.45, 2.75) is 101 Å². The standard InChI is InChI=1S/C38H47N5O7S2/c1-21(2)30-20-51-36(41-30)29-18-32(26-13-14-31(49-4)22(3)33(26)40-29)50-24-16-27-28(17-24)35(45)42-38(37(46)43-52(47,48)25-11-12-25)19-23(38)10-8-6-5-7-9-15-39-34(27)44/h8,10,13-14,18,20-21,23-25,27-28H,5-7,9,11-12,15-17,19H2,1-4H3,(H,39,44)(H,42,45)(H,43,46)/b10-8-/t23-,24+,27?,28-,38?/m1/s1. The number of sulfonamides is 1. The van der Waals surface area contributed by atoms with Gasteiger partial charge in [0, 0.05) is 34.9 Å². The van der Waals surface area contributed by atoms with Crippen LogP contribution in [-0.2, 0) is 24.4 Å². The van der Waals surface area contributed by atoms with Crippen LogP contribution in [0.3, 0.4) is 0 Å². The Hall–Kier alpha value is -4.04. The van der Waals surface area contributed by atoms with E-state index in [0.717, 1.165) is 47.3 Å². The average molecular weight is 750 g/mol. The summed E-state index contributed by atoms with van der Waals surface area (Å²) in [5, 5.41) is 8.97. The number of carbonyl (C=O) groups is 3. The highest BCUT2D eigenvalue weighted by Crippen LogP contribution is 2.47. The predicted molar refractivity (Wildman–Crippen MR) is 199 cm³/mol. The van der Waals surface area contributed by atoms with Crippen LogP contribution in [0.1, 0.15) is 88.8 Å². The molecule has 5 atom stereocenters. The van der Waals surface area contributed by atoms with Crippen LogP contribution in [0.15, 0.2) is 35.7 Å². The molecule has 0 bridgehead atoms. The number of hydrogen-bond donors (Lipinski definition) is 3. The highest BCUT2D eigenvalue weighted by atomic mass is 32.2. The van der Waals surface area contributed by atoms with Gasteiger partial charge in [-0.25, -0.2) is 18.4 Å². The van der Waals surface area contributed by atoms with Gasteiger partial charge in [0.15, 0.2) is 0 Å². The maximum atomic E-state index is 14.2. The molecule has 7 rings (SSSR count). The van der Waals surface area contributed by atoms with E-state index in [1.54, 1.807) is 7.11 Å². The van der Waals surface area contributed by atoms with Gasteiger partial charge in [0.05, 0.1) is 35.4 Å². The Morgan fingerprint density at radius 3 is 2.54 bits per heavy atom. The smallest absolute Gasteiger partial charge is 0.259 e. The summed E-state index contributed by atoms with van der Waals surface area (Å²) in [6, 6.07) is 5.65. The molecule has 14 heteroatoms. The summed E-state index contributed by atoms with van der Waals surface area (Å²) in [4.78, 5) is 51.4. The lowest BCUT2D eigenvalue weighted by atomic mass is 9.93. The zero-order valence-corrected chi connectivity index (χ0v) is 31.7. The Morgan fingerprint density at radius 1 is 1.06 bits per heavy atom. The molecule has 2 aromatic heterocycles. The third-order valence-corrected chi connectivity index (χ3v) is 13.6. The van der Waals surface area contributed by atoms with Crippen LogP contribution in [0.4, 0.5) is 0 Å². The molecule has 1 aliphatic heterocycles. The minimum absolute atomic E-state index is 0.228. The van der Waals surface area contributed by atoms with Gasteiger partial charge in [0.1, 0.15) is 33.8 Å². The van der Waals surface area contributed by atoms with Crippen LogP contribution in [0.2, 0.25) is 0 Å². The molecule has 3 aliphatic carbocycles. The summed E-state index contributed by atoms with van der Waals surface area (Å²) < 4.78 is 40.2. The molecule has 3 saturated carbocycles. The molecule has 4 aliphatic rings. The maximum absolute atomic E-state index is 14.2. The number of fused-ring (bicyclic) bond motifs is 3. The summed E-state index contributed by atoms with van der Waals surface area (Å²) in [5.74, 6) is -1.75. The van der Waals surface area contributed by atoms with E-state index in [-0.39, 0.29) is 37.0 Å². The first-order chi connectivity index (χ1) is 24.9. The van der Waals surface area contributed by atoms with E-state index in [1.165, 1.54) is 11.3 Å². The molecular formula is C38H47N5O7S2. The number of allylic oxidation sites excluding steroid dienone is 1. The number of carbonyl (C=O) groups excluding carboxylic acids is 3. The van der Waals surface area contributed by atoms with E-state index in [4.69, 9.17) is 19.4 Å². The normalized spacial score (nSPS) is 27.4. The molecule has 3 heterocycles. The monoisotopic (exact) mass is 749 g/mol. The largest absolute Gasteiger partial charge is 0.496 e. The van der Waals surface area contributed by atoms with Crippen LogP contribution < -0.4 is 24.8 Å². The van der Waals surface area contributed by atoms with Gasteiger partial charge in [0.2, 0.25) is 21.8 Å². The van der Waals surface area contributed by atoms with Gasteiger partial charge in [-0.3, -0.25) is 19.1 Å². The lowest BCUT2D eigenvalue weighted by Crippen LogP contribution is -2.54. The SMILES string of the molecule is COc1ccc2c(O[C@H]3CC4C(=O)NCCCCC/C=C\[C@@H]5CC5(C(=O)NS(=O)(=O)C5CC5)NC(=O)[C@@H]4C3)cc(-c3nc(C(C)C)cs3)nc2c1C. The van der Waals surface area contributed by atoms with Crippen LogP contribution in [0.5, 0.6) is 11.5 Å². The van der Waals surface area contributed by atoms with Crippen molar-refractivity contribution in [2.75, 3.05) is 13.7 Å². The fourth-order valence-electron chi connectivity index (χ4n) is 7.47. The highest BCUT2D eigenvalue weighted by Gasteiger charge is 2.62. The number of ether oxygens (including phenoxy) is 2. The van der Waals surface area contributed by atoms with Gasteiger partial charge < -0.3 is 20.1 Å². The Kier molecular flexibility index (Phi) is 10.1. The number of pyridine rings is 1. The van der Waals surface area contributed by atoms with Crippen molar-refractivity contribution in [1.29, 1.82) is 0 Å². The van der Waals surface area contributed by atoms with E-state index in [2.05, 4.69) is 29.2 Å². The quantitative estimate of drug-likeness (QED) is 0.259. The molecule has 3 fully saturated rings. The number of methoxy groups -OCH3 is 1. The van der Waals surface area contributed by atoms with Gasteiger partial charge >= 0.3 is 0 Å². The zero-order chi connectivity index (χ0) is 36.8. The topological polar surface area (TPSA) is 166 Å². The summed E-state index contributed by atoms with van der Waals surface area (Å²) in [5.41, 5.74) is 1.78. The third kappa shape index (κ3) is 7.28. The van der Waals surface area contributed by atoms with E-state index in [9.17, 15) is 22.8 Å². The van der Waals surface area contributed by atoms with Gasteiger partial charge in [-0.1, -0.05) is 32.4 Å². The van der Waals surface area contributed by atoms with Crippen LogP contribution in [-0.4, -0.2) is 66.7 Å². The summed E-state index contributed by atoms with van der Waals surface area (Å²) >= 11 is 1.51. The molecule has 52 heavy (non-hydrogen) atoms. The third-order valence-electron chi connectivity index (χ3n) is 10.9. The number of amides is 3. The number of thiazole rings is 1. The highest BCUT2D eigenvalue weighted by molar-refractivity contribution is 7.91. The second-order valence-electron chi connectivity index (χ2n) is 15.0. The first kappa shape index (κ1) is 36.3. The first-order valence-corrected chi connectivity index (χ1v) is 20.8. The van der Waals surface area contributed by atoms with E-state index in [1.807, 2.05) is 42.7 Å². The molecule has 2 unspecified atom stereocenters. The number of aromatic nitrogens is 2. The number of benzene rings is 1. The van der Waals surface area contributed by atoms with Crippen molar-refractivity contribution in [2.24, 2.45) is 17.8 Å². The first-order valence-electron chi connectivity index (χ1n) is 18.3. The van der Waals surface area contributed by atoms with Gasteiger partial charge in [0.25, 0.3) is 5.91 Å². The van der Waals surface area contributed by atoms with E-state index < -0.39 is 50.6 Å². The summed E-state index contributed by atoms with van der Waals surface area (Å²) in [6.45, 7) is 6.63. The van der Waals surface area contributed by atoms with E-state index in [0.29, 0.717) is 42.1 Å². The van der Waals surface area contributed by atoms with E-state index >= 15 is 0 Å². The lowest BCUT2D eigenvalue weighted by molar-refractivity contribution is -0.136. The van der Waals surface area contributed by atoms with Gasteiger partial charge in [-0.2, -0.15) is 0 Å². The minimum atomic E-state index is -3.83. The number of nitrogens with one attached hydrogen (secondary N) is 3. The Labute approximate surface area is 308 Å². The molecule has 12 nitrogen and oxygen atoms in total. The molecule has 3 N–H and O–H groups in total. The molecule has 1 aromatic carbocycles. The fourth-order valence-corrected chi connectivity index (χ4v) is 9.77. The maximum Gasteiger partial charge on any atom is 0.259 e. The minimum Gasteiger partial charge on any atom is -0.496 e. The number of hydrogen-bond acceptors (Lipinski definition) is 10. The molecule has 3 aromatic rings. The number of nitrogens with zero attached hydrogens (tertiary/aromatic N) is 2. The Morgan fingerprint density at radius 2 is 1.83 bits per heavy atom. The zero-order valence-electron chi connectivity index (χ0n) is 30.1. The van der Waals surface area contributed by atoms with Crippen molar-refractivity contribution < 1.29 is 32.3 Å². The Bertz CT molecular complexity index is 2020. The van der Waals surface area contributed by atoms with Crippen LogP contribution in [0, 0.1) is 24.7 Å².